The van der Waals surface area contributed by atoms with Crippen LogP contribution < -0.4 is 0 Å². The van der Waals surface area contributed by atoms with Crippen LogP contribution in [0.2, 0.25) is 0 Å². The van der Waals surface area contributed by atoms with Crippen molar-refractivity contribution in [3.8, 4) is 0 Å². The van der Waals surface area contributed by atoms with E-state index in [9.17, 15) is 9.59 Å². The molecule has 158 valence electrons. The summed E-state index contributed by atoms with van der Waals surface area (Å²) >= 11 is 0. The predicted molar refractivity (Wildman–Crippen MR) is 107 cm³/mol. The highest BCUT2D eigenvalue weighted by Gasteiger charge is 2.48. The maximum atomic E-state index is 12.5. The van der Waals surface area contributed by atoms with Gasteiger partial charge in [-0.3, -0.25) is 9.69 Å². The lowest BCUT2D eigenvalue weighted by Gasteiger charge is -2.29. The zero-order valence-corrected chi connectivity index (χ0v) is 18.8. The van der Waals surface area contributed by atoms with Gasteiger partial charge in [0.15, 0.2) is 0 Å². The van der Waals surface area contributed by atoms with Gasteiger partial charge in [-0.05, 0) is 13.8 Å². The first-order valence-electron chi connectivity index (χ1n) is 9.84. The van der Waals surface area contributed by atoms with E-state index >= 15 is 0 Å². The van der Waals surface area contributed by atoms with Crippen LogP contribution in [0.25, 0.3) is 0 Å². The lowest BCUT2D eigenvalue weighted by molar-refractivity contribution is -0.904. The molecule has 0 atom stereocenters. The molecule has 9 nitrogen and oxygen atoms in total. The number of imide groups is 1. The first-order chi connectivity index (χ1) is 12.7. The Balaban J connectivity index is 1.85. The van der Waals surface area contributed by atoms with E-state index in [0.29, 0.717) is 6.54 Å². The van der Waals surface area contributed by atoms with Crippen LogP contribution >= 0.6 is 0 Å². The zero-order chi connectivity index (χ0) is 21.3. The minimum Gasteiger partial charge on any atom is -0.329 e. The van der Waals surface area contributed by atoms with Crippen LogP contribution in [-0.2, 0) is 17.9 Å². The van der Waals surface area contributed by atoms with Gasteiger partial charge in [-0.15, -0.1) is 5.10 Å². The molecule has 0 spiro atoms. The summed E-state index contributed by atoms with van der Waals surface area (Å²) in [5.74, 6) is -0.120. The molecule has 0 saturated carbocycles. The van der Waals surface area contributed by atoms with E-state index in [1.807, 2.05) is 10.9 Å². The molecule has 9 heteroatoms. The average molecular weight is 396 g/mol. The number of carbonyl (C=O) groups excluding carboxylic acids is 2. The fourth-order valence-electron chi connectivity index (χ4n) is 3.28. The largest absolute Gasteiger partial charge is 0.329 e. The molecule has 28 heavy (non-hydrogen) atoms. The summed E-state index contributed by atoms with van der Waals surface area (Å²) < 4.78 is 3.51. The summed E-state index contributed by atoms with van der Waals surface area (Å²) in [6.45, 7) is 7.45. The normalized spacial score (nSPS) is 17.7. The van der Waals surface area contributed by atoms with Crippen molar-refractivity contribution in [2.45, 2.75) is 38.9 Å². The average Bonchev–Trinajstić information content (AvgIpc) is 3.05. The van der Waals surface area contributed by atoms with E-state index in [4.69, 9.17) is 0 Å². The van der Waals surface area contributed by atoms with Crippen LogP contribution in [0.15, 0.2) is 6.20 Å². The molecule has 0 N–H and O–H groups in total. The fraction of sp³-hybridized carbons (Fsp3) is 0.789. The van der Waals surface area contributed by atoms with Crippen molar-refractivity contribution in [1.82, 2.24) is 24.8 Å². The van der Waals surface area contributed by atoms with Crippen LogP contribution in [-0.4, -0.2) is 113 Å². The lowest BCUT2D eigenvalue weighted by Crippen LogP contribution is -2.43. The van der Waals surface area contributed by atoms with Gasteiger partial charge in [0.05, 0.1) is 61.1 Å². The summed E-state index contributed by atoms with van der Waals surface area (Å²) in [5, 5.41) is 8.54. The van der Waals surface area contributed by atoms with Crippen molar-refractivity contribution in [3.05, 3.63) is 11.9 Å². The topological polar surface area (TPSA) is 71.3 Å². The Morgan fingerprint density at radius 3 is 2.21 bits per heavy atom. The van der Waals surface area contributed by atoms with Crippen molar-refractivity contribution >= 4 is 11.9 Å². The highest BCUT2D eigenvalue weighted by Crippen LogP contribution is 2.25. The second kappa shape index (κ2) is 7.79. The van der Waals surface area contributed by atoms with Gasteiger partial charge in [-0.2, -0.15) is 0 Å². The highest BCUT2D eigenvalue weighted by molar-refractivity contribution is 6.06. The van der Waals surface area contributed by atoms with Gasteiger partial charge in [0.1, 0.15) is 17.8 Å². The van der Waals surface area contributed by atoms with E-state index in [0.717, 1.165) is 47.3 Å². The van der Waals surface area contributed by atoms with Crippen LogP contribution in [0, 0.1) is 0 Å². The molecule has 0 radical (unpaired) electrons. The minimum absolute atomic E-state index is 0.120. The number of urea groups is 1. The Bertz CT molecular complexity index is 718. The summed E-state index contributed by atoms with van der Waals surface area (Å²) in [6.07, 6.45) is 2.77. The molecule has 0 aliphatic carbocycles. The summed E-state index contributed by atoms with van der Waals surface area (Å²) in [5.41, 5.74) is 0.201. The SMILES string of the molecule is CN1C(=O)N(CCC[N+](C)(C)Cc2cn(CC[N+](C)(C)C)nn2)C(=O)C1(C)C. The number of amides is 3. The summed E-state index contributed by atoms with van der Waals surface area (Å²) in [6, 6.07) is -0.208. The van der Waals surface area contributed by atoms with Crippen LogP contribution in [0.5, 0.6) is 0 Å². The molecular formula is C19H37N7O2+2. The molecule has 2 rings (SSSR count). The van der Waals surface area contributed by atoms with Crippen molar-refractivity contribution in [1.29, 1.82) is 0 Å². The van der Waals surface area contributed by atoms with Gasteiger partial charge >= 0.3 is 6.03 Å². The zero-order valence-electron chi connectivity index (χ0n) is 18.8. The third-order valence-corrected chi connectivity index (χ3v) is 5.45. The number of hydrogen-bond acceptors (Lipinski definition) is 4. The van der Waals surface area contributed by atoms with Crippen LogP contribution in [0.1, 0.15) is 26.0 Å². The van der Waals surface area contributed by atoms with Crippen molar-refractivity contribution in [2.75, 3.05) is 61.9 Å². The first kappa shape index (κ1) is 22.3. The number of carbonyl (C=O) groups is 2. The summed E-state index contributed by atoms with van der Waals surface area (Å²) in [4.78, 5) is 27.7. The van der Waals surface area contributed by atoms with E-state index in [2.05, 4.69) is 45.6 Å². The third kappa shape index (κ3) is 5.29. The smallest absolute Gasteiger partial charge is 0.327 e. The van der Waals surface area contributed by atoms with Crippen LogP contribution in [0.4, 0.5) is 4.79 Å². The molecule has 1 aromatic rings. The quantitative estimate of drug-likeness (QED) is 0.454. The molecule has 0 aromatic carbocycles. The Morgan fingerprint density at radius 1 is 1.04 bits per heavy atom. The predicted octanol–water partition coefficient (Wildman–Crippen LogP) is 0.623. The van der Waals surface area contributed by atoms with Crippen molar-refractivity contribution in [2.24, 2.45) is 0 Å². The minimum atomic E-state index is -0.758. The van der Waals surface area contributed by atoms with Crippen LogP contribution in [0.3, 0.4) is 0 Å². The number of nitrogens with zero attached hydrogens (tertiary/aromatic N) is 7. The molecule has 1 saturated heterocycles. The van der Waals surface area contributed by atoms with Gasteiger partial charge in [0.25, 0.3) is 5.91 Å². The van der Waals surface area contributed by atoms with Gasteiger partial charge in [0.2, 0.25) is 0 Å². The second-order valence-corrected chi connectivity index (χ2v) is 10.0. The second-order valence-electron chi connectivity index (χ2n) is 10.0. The van der Waals surface area contributed by atoms with Gasteiger partial charge in [0, 0.05) is 20.0 Å². The van der Waals surface area contributed by atoms with Crippen molar-refractivity contribution in [3.63, 3.8) is 0 Å². The Morgan fingerprint density at radius 2 is 1.68 bits per heavy atom. The Kier molecular flexibility index (Phi) is 6.20. The molecule has 1 fully saturated rings. The molecular weight excluding hydrogens is 358 g/mol. The number of rotatable bonds is 9. The molecule has 0 bridgehead atoms. The molecule has 1 aromatic heterocycles. The maximum absolute atomic E-state index is 12.5. The third-order valence-electron chi connectivity index (χ3n) is 5.45. The maximum Gasteiger partial charge on any atom is 0.327 e. The van der Waals surface area contributed by atoms with Gasteiger partial charge in [-0.1, -0.05) is 5.21 Å². The number of aromatic nitrogens is 3. The first-order valence-corrected chi connectivity index (χ1v) is 9.84. The molecule has 3 amide bonds. The van der Waals surface area contributed by atoms with E-state index in [1.54, 1.807) is 20.9 Å². The molecule has 2 heterocycles. The molecule has 1 aliphatic rings. The van der Waals surface area contributed by atoms with Gasteiger partial charge in [-0.25, -0.2) is 9.48 Å². The standard InChI is InChI=1S/C19H37N7O2/c1-19(2)17(27)24(18(28)22(19)3)10-9-12-26(7,8)15-16-14-23(21-20-16)11-13-25(4,5)6/h14H,9-13,15H2,1-8H3/q+2. The molecule has 0 unspecified atom stereocenters. The monoisotopic (exact) mass is 395 g/mol. The van der Waals surface area contributed by atoms with E-state index in [-0.39, 0.29) is 11.9 Å². The lowest BCUT2D eigenvalue weighted by atomic mass is 10.1. The number of likely N-dealkylation sites (N-methyl/N-ethyl adjacent to an activating group) is 2. The highest BCUT2D eigenvalue weighted by atomic mass is 16.2. The number of hydrogen-bond donors (Lipinski definition) is 0. The Labute approximate surface area is 168 Å². The summed E-state index contributed by atoms with van der Waals surface area (Å²) in [7, 11) is 12.4. The van der Waals surface area contributed by atoms with E-state index in [1.165, 1.54) is 9.80 Å². The van der Waals surface area contributed by atoms with Crippen molar-refractivity contribution < 1.29 is 18.6 Å². The van der Waals surface area contributed by atoms with Gasteiger partial charge < -0.3 is 13.9 Å². The number of quaternary nitrogens is 2. The fourth-order valence-corrected chi connectivity index (χ4v) is 3.28. The van der Waals surface area contributed by atoms with E-state index < -0.39 is 5.54 Å². The Hall–Kier alpha value is -2.00. The molecule has 1 aliphatic heterocycles.